The van der Waals surface area contributed by atoms with Gasteiger partial charge in [0.1, 0.15) is 17.1 Å². The Bertz CT molecular complexity index is 1200. The van der Waals surface area contributed by atoms with E-state index >= 15 is 0 Å². The van der Waals surface area contributed by atoms with Crippen molar-refractivity contribution < 1.29 is 14.0 Å². The summed E-state index contributed by atoms with van der Waals surface area (Å²) in [6.07, 6.45) is 6.56. The quantitative estimate of drug-likeness (QED) is 0.570. The van der Waals surface area contributed by atoms with Crippen molar-refractivity contribution in [2.75, 3.05) is 0 Å². The molecule has 172 valence electrons. The highest BCUT2D eigenvalue weighted by molar-refractivity contribution is 6.03. The lowest BCUT2D eigenvalue weighted by Crippen LogP contribution is -2.64. The lowest BCUT2D eigenvalue weighted by atomic mass is 9.93. The van der Waals surface area contributed by atoms with Gasteiger partial charge in [-0.05, 0) is 49.6 Å². The first kappa shape index (κ1) is 21.7. The number of fused-ring (bicyclic) bond motifs is 3. The highest BCUT2D eigenvalue weighted by Crippen LogP contribution is 2.34. The molecule has 1 aromatic heterocycles. The Morgan fingerprint density at radius 3 is 2.58 bits per heavy atom. The molecule has 2 aromatic carbocycles. The third kappa shape index (κ3) is 4.03. The Morgan fingerprint density at radius 2 is 1.82 bits per heavy atom. The fourth-order valence-corrected chi connectivity index (χ4v) is 5.34. The molecule has 1 aliphatic carbocycles. The van der Waals surface area contributed by atoms with Gasteiger partial charge in [0.25, 0.3) is 5.91 Å². The summed E-state index contributed by atoms with van der Waals surface area (Å²) >= 11 is 0. The number of benzene rings is 2. The zero-order chi connectivity index (χ0) is 23.0. The number of aromatic nitrogens is 1. The van der Waals surface area contributed by atoms with Crippen LogP contribution < -0.4 is 5.32 Å². The molecule has 33 heavy (non-hydrogen) atoms. The van der Waals surface area contributed by atoms with Gasteiger partial charge in [-0.15, -0.1) is 0 Å². The largest absolute Gasteiger partial charge is 0.351 e. The minimum absolute atomic E-state index is 0.130. The molecule has 5 rings (SSSR count). The molecule has 0 radical (unpaired) electrons. The minimum Gasteiger partial charge on any atom is -0.351 e. The summed E-state index contributed by atoms with van der Waals surface area (Å²) in [7, 11) is 0. The molecule has 2 heterocycles. The zero-order valence-corrected chi connectivity index (χ0v) is 19.0. The Kier molecular flexibility index (Phi) is 5.69. The van der Waals surface area contributed by atoms with Gasteiger partial charge in [-0.25, -0.2) is 4.39 Å². The second kappa shape index (κ2) is 8.65. The first-order valence-corrected chi connectivity index (χ1v) is 11.9. The lowest BCUT2D eigenvalue weighted by Gasteiger charge is -2.44. The molecule has 5 nitrogen and oxygen atoms in total. The van der Waals surface area contributed by atoms with Crippen molar-refractivity contribution in [3.63, 3.8) is 0 Å². The van der Waals surface area contributed by atoms with Crippen molar-refractivity contribution in [2.45, 2.75) is 70.1 Å². The van der Waals surface area contributed by atoms with E-state index in [0.717, 1.165) is 36.6 Å². The van der Waals surface area contributed by atoms with Crippen LogP contribution in [0.2, 0.25) is 0 Å². The molecule has 0 unspecified atom stereocenters. The van der Waals surface area contributed by atoms with Crippen LogP contribution >= 0.6 is 0 Å². The van der Waals surface area contributed by atoms with E-state index in [4.69, 9.17) is 0 Å². The van der Waals surface area contributed by atoms with Gasteiger partial charge >= 0.3 is 0 Å². The van der Waals surface area contributed by atoms with Crippen LogP contribution in [0.1, 0.15) is 61.5 Å². The highest BCUT2D eigenvalue weighted by Gasteiger charge is 2.48. The summed E-state index contributed by atoms with van der Waals surface area (Å²) in [5, 5.41) is 4.24. The molecule has 0 saturated heterocycles. The van der Waals surface area contributed by atoms with Crippen molar-refractivity contribution in [3.8, 4) is 0 Å². The summed E-state index contributed by atoms with van der Waals surface area (Å²) in [6.45, 7) is 2.37. The van der Waals surface area contributed by atoms with Gasteiger partial charge in [-0.2, -0.15) is 0 Å². The Hall–Kier alpha value is -3.15. The zero-order valence-electron chi connectivity index (χ0n) is 19.0. The number of nitrogens with one attached hydrogen (secondary N) is 1. The van der Waals surface area contributed by atoms with Crippen LogP contribution in [0.5, 0.6) is 0 Å². The van der Waals surface area contributed by atoms with Gasteiger partial charge in [-0.1, -0.05) is 56.0 Å². The van der Waals surface area contributed by atoms with Crippen LogP contribution in [0.3, 0.4) is 0 Å². The number of hydrogen-bond acceptors (Lipinski definition) is 2. The van der Waals surface area contributed by atoms with Gasteiger partial charge < -0.3 is 14.8 Å². The summed E-state index contributed by atoms with van der Waals surface area (Å²) in [5.74, 6) is -0.696. The number of hydrogen-bond donors (Lipinski definition) is 1. The Labute approximate surface area is 193 Å². The Balaban J connectivity index is 1.54. The van der Waals surface area contributed by atoms with Crippen LogP contribution in [-0.4, -0.2) is 32.9 Å². The molecule has 0 spiro atoms. The molecule has 1 fully saturated rings. The average molecular weight is 448 g/mol. The number of carbonyl (C=O) groups is 2. The topological polar surface area (TPSA) is 54.3 Å². The second-order valence-corrected chi connectivity index (χ2v) is 9.63. The molecule has 2 amide bonds. The monoisotopic (exact) mass is 447 g/mol. The maximum atomic E-state index is 13.9. The summed E-state index contributed by atoms with van der Waals surface area (Å²) in [4.78, 5) is 29.2. The minimum atomic E-state index is -1.09. The van der Waals surface area contributed by atoms with Gasteiger partial charge in [-0.3, -0.25) is 9.59 Å². The van der Waals surface area contributed by atoms with Crippen LogP contribution in [0, 0.1) is 5.82 Å². The third-order valence-corrected chi connectivity index (χ3v) is 7.25. The van der Waals surface area contributed by atoms with E-state index in [-0.39, 0.29) is 30.2 Å². The molecule has 2 aliphatic rings. The highest BCUT2D eigenvalue weighted by atomic mass is 19.1. The van der Waals surface area contributed by atoms with Crippen molar-refractivity contribution in [1.29, 1.82) is 0 Å². The predicted octanol–water partition coefficient (Wildman–Crippen LogP) is 5.03. The molecule has 1 saturated carbocycles. The van der Waals surface area contributed by atoms with Crippen molar-refractivity contribution in [1.82, 2.24) is 14.8 Å². The molecule has 1 aliphatic heterocycles. The molecule has 6 heteroatoms. The van der Waals surface area contributed by atoms with Crippen LogP contribution in [-0.2, 0) is 17.9 Å². The molecule has 3 aromatic rings. The fraction of sp³-hybridized carbons (Fsp3) is 0.407. The third-order valence-electron chi connectivity index (χ3n) is 7.25. The van der Waals surface area contributed by atoms with E-state index in [1.54, 1.807) is 17.0 Å². The first-order chi connectivity index (χ1) is 16.0. The normalized spacial score (nSPS) is 21.6. The van der Waals surface area contributed by atoms with Crippen LogP contribution in [0.4, 0.5) is 4.39 Å². The van der Waals surface area contributed by atoms with Crippen molar-refractivity contribution in [2.24, 2.45) is 0 Å². The SMILES string of the molecule is C[C@@]1(C(=O)NC2CCCCCC2)Cn2c(cc3ccccc32)C(=O)N1Cc1cccc(F)c1. The molecule has 1 N–H and O–H groups in total. The second-order valence-electron chi connectivity index (χ2n) is 9.63. The number of carbonyl (C=O) groups excluding carboxylic acids is 2. The number of amides is 2. The van der Waals surface area contributed by atoms with Gasteiger partial charge in [0.2, 0.25) is 5.91 Å². The molecule has 0 bridgehead atoms. The maximum absolute atomic E-state index is 13.9. The van der Waals surface area contributed by atoms with Crippen molar-refractivity contribution in [3.05, 3.63) is 71.7 Å². The number of para-hydroxylation sites is 1. The van der Waals surface area contributed by atoms with E-state index in [1.165, 1.54) is 25.0 Å². The van der Waals surface area contributed by atoms with E-state index < -0.39 is 5.54 Å². The Morgan fingerprint density at radius 1 is 1.06 bits per heavy atom. The number of halogens is 1. The maximum Gasteiger partial charge on any atom is 0.271 e. The summed E-state index contributed by atoms with van der Waals surface area (Å²) in [5.41, 5.74) is 1.08. The fourth-order valence-electron chi connectivity index (χ4n) is 5.34. The van der Waals surface area contributed by atoms with Crippen LogP contribution in [0.25, 0.3) is 10.9 Å². The smallest absolute Gasteiger partial charge is 0.271 e. The molecule has 1 atom stereocenters. The van der Waals surface area contributed by atoms with E-state index in [0.29, 0.717) is 17.8 Å². The lowest BCUT2D eigenvalue weighted by molar-refractivity contribution is -0.134. The first-order valence-electron chi connectivity index (χ1n) is 11.9. The van der Waals surface area contributed by atoms with Gasteiger partial charge in [0, 0.05) is 23.5 Å². The molecular weight excluding hydrogens is 417 g/mol. The average Bonchev–Trinajstić information content (AvgIpc) is 2.97. The predicted molar refractivity (Wildman–Crippen MR) is 126 cm³/mol. The standard InChI is InChI=1S/C27H30FN3O2/c1-27(26(33)29-22-12-4-2-3-5-13-22)18-30-23-14-7-6-10-20(23)16-24(30)25(32)31(27)17-19-9-8-11-21(28)15-19/h6-11,14-16,22H,2-5,12-13,17-18H2,1H3,(H,29,33)/t27-/m0/s1. The summed E-state index contributed by atoms with van der Waals surface area (Å²) < 4.78 is 15.9. The van der Waals surface area contributed by atoms with E-state index in [1.807, 2.05) is 41.8 Å². The van der Waals surface area contributed by atoms with Gasteiger partial charge in [0.05, 0.1) is 6.54 Å². The van der Waals surface area contributed by atoms with Crippen LogP contribution in [0.15, 0.2) is 54.6 Å². The van der Waals surface area contributed by atoms with Gasteiger partial charge in [0.15, 0.2) is 0 Å². The van der Waals surface area contributed by atoms with E-state index in [9.17, 15) is 14.0 Å². The van der Waals surface area contributed by atoms with E-state index in [2.05, 4.69) is 5.32 Å². The summed E-state index contributed by atoms with van der Waals surface area (Å²) in [6, 6.07) is 16.1. The van der Waals surface area contributed by atoms with Crippen molar-refractivity contribution >= 4 is 22.7 Å². The number of rotatable bonds is 4. The number of nitrogens with zero attached hydrogens (tertiary/aromatic N) is 2. The molecular formula is C27H30FN3O2.